The maximum Gasteiger partial charge on any atom is 0.259 e. The number of methoxy groups -OCH3 is 2. The van der Waals surface area contributed by atoms with Gasteiger partial charge in [-0.05, 0) is 24.3 Å². The minimum Gasteiger partial charge on any atom is -0.497 e. The van der Waals surface area contributed by atoms with Crippen LogP contribution in [0.25, 0.3) is 11.3 Å². The standard InChI is InChI=1S/C21H22N2O3S.C2H6/c1-13(2)21-23-18(12-27-21)14-5-7-15(8-6-14)22-20(24)17-10-9-16(25-3)11-19(17)26-4;1-2/h5-13H,1-4H3,(H,22,24);1-2H3. The molecule has 0 radical (unpaired) electrons. The van der Waals surface area contributed by atoms with Gasteiger partial charge in [0.05, 0.1) is 30.5 Å². The summed E-state index contributed by atoms with van der Waals surface area (Å²) in [5.41, 5.74) is 3.14. The highest BCUT2D eigenvalue weighted by atomic mass is 32.1. The number of rotatable bonds is 6. The first kappa shape index (κ1) is 22.4. The third-order valence-corrected chi connectivity index (χ3v) is 5.25. The molecule has 0 aliphatic heterocycles. The second-order valence-corrected chi connectivity index (χ2v) is 7.21. The lowest BCUT2D eigenvalue weighted by atomic mass is 10.1. The van der Waals surface area contributed by atoms with E-state index in [2.05, 4.69) is 29.5 Å². The summed E-state index contributed by atoms with van der Waals surface area (Å²) in [5, 5.41) is 6.08. The third-order valence-electron chi connectivity index (χ3n) is 4.11. The fourth-order valence-electron chi connectivity index (χ4n) is 2.59. The summed E-state index contributed by atoms with van der Waals surface area (Å²) in [4.78, 5) is 17.2. The van der Waals surface area contributed by atoms with Crippen molar-refractivity contribution < 1.29 is 14.3 Å². The lowest BCUT2D eigenvalue weighted by Crippen LogP contribution is -2.13. The largest absolute Gasteiger partial charge is 0.497 e. The predicted octanol–water partition coefficient (Wildman–Crippen LogP) is 6.23. The van der Waals surface area contributed by atoms with Crippen LogP contribution in [0.5, 0.6) is 11.5 Å². The molecule has 1 amide bonds. The Labute approximate surface area is 176 Å². The van der Waals surface area contributed by atoms with Crippen molar-refractivity contribution in [1.82, 2.24) is 4.98 Å². The van der Waals surface area contributed by atoms with Gasteiger partial charge in [0.25, 0.3) is 5.91 Å². The number of anilines is 1. The van der Waals surface area contributed by atoms with E-state index in [-0.39, 0.29) is 5.91 Å². The van der Waals surface area contributed by atoms with Crippen LogP contribution in [0.15, 0.2) is 47.8 Å². The minimum absolute atomic E-state index is 0.238. The zero-order valence-corrected chi connectivity index (χ0v) is 18.6. The maximum absolute atomic E-state index is 12.6. The Kier molecular flexibility index (Phi) is 8.21. The maximum atomic E-state index is 12.6. The van der Waals surface area contributed by atoms with Crippen LogP contribution in [0.4, 0.5) is 5.69 Å². The molecular formula is C23H28N2O3S. The van der Waals surface area contributed by atoms with Crippen LogP contribution >= 0.6 is 11.3 Å². The van der Waals surface area contributed by atoms with Gasteiger partial charge in [-0.3, -0.25) is 4.79 Å². The number of benzene rings is 2. The van der Waals surface area contributed by atoms with Gasteiger partial charge < -0.3 is 14.8 Å². The van der Waals surface area contributed by atoms with E-state index in [0.29, 0.717) is 28.7 Å². The van der Waals surface area contributed by atoms with Crippen LogP contribution < -0.4 is 14.8 Å². The molecule has 154 valence electrons. The van der Waals surface area contributed by atoms with Crippen molar-refractivity contribution in [1.29, 1.82) is 0 Å². The first-order valence-corrected chi connectivity index (χ1v) is 10.5. The van der Waals surface area contributed by atoms with Gasteiger partial charge in [0, 0.05) is 28.6 Å². The SMILES string of the molecule is CC.COc1ccc(C(=O)Nc2ccc(-c3csc(C(C)C)n3)cc2)c(OC)c1. The van der Waals surface area contributed by atoms with E-state index in [1.54, 1.807) is 36.6 Å². The highest BCUT2D eigenvalue weighted by Crippen LogP contribution is 2.28. The number of hydrogen-bond donors (Lipinski definition) is 1. The number of carbonyl (C=O) groups excluding carboxylic acids is 1. The van der Waals surface area contributed by atoms with E-state index in [9.17, 15) is 4.79 Å². The molecule has 6 heteroatoms. The van der Waals surface area contributed by atoms with Gasteiger partial charge in [-0.2, -0.15) is 0 Å². The van der Waals surface area contributed by atoms with Gasteiger partial charge in [-0.15, -0.1) is 11.3 Å². The number of thiazole rings is 1. The molecule has 0 saturated heterocycles. The van der Waals surface area contributed by atoms with E-state index >= 15 is 0 Å². The molecule has 3 rings (SSSR count). The van der Waals surface area contributed by atoms with Crippen LogP contribution in [0.3, 0.4) is 0 Å². The highest BCUT2D eigenvalue weighted by molar-refractivity contribution is 7.10. The first-order valence-electron chi connectivity index (χ1n) is 9.61. The topological polar surface area (TPSA) is 60.5 Å². The summed E-state index contributed by atoms with van der Waals surface area (Å²) in [7, 11) is 3.10. The summed E-state index contributed by atoms with van der Waals surface area (Å²) < 4.78 is 10.5. The Hall–Kier alpha value is -2.86. The van der Waals surface area contributed by atoms with E-state index in [4.69, 9.17) is 9.47 Å². The van der Waals surface area contributed by atoms with Gasteiger partial charge in [-0.1, -0.05) is 39.8 Å². The molecule has 0 aliphatic carbocycles. The number of hydrogen-bond acceptors (Lipinski definition) is 5. The van der Waals surface area contributed by atoms with Crippen LogP contribution in [-0.2, 0) is 0 Å². The second kappa shape index (κ2) is 10.6. The van der Waals surface area contributed by atoms with Gasteiger partial charge in [0.1, 0.15) is 11.5 Å². The second-order valence-electron chi connectivity index (χ2n) is 6.32. The zero-order valence-electron chi connectivity index (χ0n) is 17.8. The van der Waals surface area contributed by atoms with Crippen molar-refractivity contribution in [2.24, 2.45) is 0 Å². The molecule has 29 heavy (non-hydrogen) atoms. The summed E-state index contributed by atoms with van der Waals surface area (Å²) in [5.74, 6) is 1.28. The van der Waals surface area contributed by atoms with E-state index in [1.165, 1.54) is 7.11 Å². The lowest BCUT2D eigenvalue weighted by Gasteiger charge is -2.11. The van der Waals surface area contributed by atoms with Crippen LogP contribution in [0, 0.1) is 0 Å². The van der Waals surface area contributed by atoms with Crippen molar-refractivity contribution in [2.75, 3.05) is 19.5 Å². The van der Waals surface area contributed by atoms with Crippen LogP contribution in [-0.4, -0.2) is 25.1 Å². The number of aromatic nitrogens is 1. The molecule has 0 bridgehead atoms. The fourth-order valence-corrected chi connectivity index (χ4v) is 3.44. The van der Waals surface area contributed by atoms with E-state index in [1.807, 2.05) is 38.1 Å². The smallest absolute Gasteiger partial charge is 0.259 e. The van der Waals surface area contributed by atoms with Crippen molar-refractivity contribution in [3.05, 3.63) is 58.4 Å². The predicted molar refractivity (Wildman–Crippen MR) is 120 cm³/mol. The Morgan fingerprint density at radius 3 is 2.28 bits per heavy atom. The fraction of sp³-hybridized carbons (Fsp3) is 0.304. The van der Waals surface area contributed by atoms with Crippen molar-refractivity contribution in [2.45, 2.75) is 33.6 Å². The van der Waals surface area contributed by atoms with E-state index in [0.717, 1.165) is 16.3 Å². The molecule has 0 saturated carbocycles. The van der Waals surface area contributed by atoms with E-state index < -0.39 is 0 Å². The lowest BCUT2D eigenvalue weighted by molar-refractivity contribution is 0.102. The summed E-state index contributed by atoms with van der Waals surface area (Å²) in [6, 6.07) is 12.8. The number of ether oxygens (including phenoxy) is 2. The van der Waals surface area contributed by atoms with Crippen molar-refractivity contribution in [3.63, 3.8) is 0 Å². The zero-order chi connectivity index (χ0) is 21.4. The number of nitrogens with zero attached hydrogens (tertiary/aromatic N) is 1. The van der Waals surface area contributed by atoms with Crippen LogP contribution in [0.1, 0.15) is 49.0 Å². The molecule has 0 fully saturated rings. The number of amides is 1. The van der Waals surface area contributed by atoms with Gasteiger partial charge in [0.15, 0.2) is 0 Å². The van der Waals surface area contributed by atoms with Gasteiger partial charge in [0.2, 0.25) is 0 Å². The molecule has 1 N–H and O–H groups in total. The van der Waals surface area contributed by atoms with Crippen LogP contribution in [0.2, 0.25) is 0 Å². The third kappa shape index (κ3) is 5.57. The highest BCUT2D eigenvalue weighted by Gasteiger charge is 2.14. The first-order chi connectivity index (χ1) is 14.0. The molecule has 0 atom stereocenters. The van der Waals surface area contributed by atoms with Gasteiger partial charge in [-0.25, -0.2) is 4.98 Å². The van der Waals surface area contributed by atoms with Crippen molar-refractivity contribution >= 4 is 22.9 Å². The molecule has 1 aromatic heterocycles. The summed E-state index contributed by atoms with van der Waals surface area (Å²) in [6.07, 6.45) is 0. The molecule has 0 aliphatic rings. The molecule has 0 spiro atoms. The average Bonchev–Trinajstić information content (AvgIpc) is 3.26. The molecule has 5 nitrogen and oxygen atoms in total. The molecule has 0 unspecified atom stereocenters. The Morgan fingerprint density at radius 1 is 1.03 bits per heavy atom. The average molecular weight is 413 g/mol. The number of nitrogens with one attached hydrogen (secondary N) is 1. The Bertz CT molecular complexity index is 934. The normalized spacial score (nSPS) is 10.2. The minimum atomic E-state index is -0.238. The monoisotopic (exact) mass is 412 g/mol. The quantitative estimate of drug-likeness (QED) is 0.521. The number of carbonyl (C=O) groups is 1. The molecule has 3 aromatic rings. The van der Waals surface area contributed by atoms with Gasteiger partial charge >= 0.3 is 0 Å². The Morgan fingerprint density at radius 2 is 1.72 bits per heavy atom. The molecule has 2 aromatic carbocycles. The van der Waals surface area contributed by atoms with Crippen molar-refractivity contribution in [3.8, 4) is 22.8 Å². The Balaban J connectivity index is 0.00000145. The summed E-state index contributed by atoms with van der Waals surface area (Å²) in [6.45, 7) is 8.27. The molecular weight excluding hydrogens is 384 g/mol. The molecule has 1 heterocycles. The summed E-state index contributed by atoms with van der Waals surface area (Å²) >= 11 is 1.67.